The molecule has 0 N–H and O–H groups in total. The first-order valence-corrected chi connectivity index (χ1v) is 6.55. The molecule has 2 aromatic carbocycles. The summed E-state index contributed by atoms with van der Waals surface area (Å²) in [5, 5.41) is 0. The Morgan fingerprint density at radius 1 is 0.800 bits per heavy atom. The molecule has 0 spiro atoms. The molecule has 0 bridgehead atoms. The van der Waals surface area contributed by atoms with Gasteiger partial charge in [0.25, 0.3) is 0 Å². The molecular weight excluding hydrogens is 244 g/mol. The van der Waals surface area contributed by atoms with Crippen molar-refractivity contribution < 1.29 is 13.7 Å². The quantitative estimate of drug-likeness (QED) is 0.850. The zero-order valence-electron chi connectivity index (χ0n) is 21.3. The van der Waals surface area contributed by atoms with E-state index in [0.717, 1.165) is 0 Å². The SMILES string of the molecule is [2H]c1c([2H])c([2H])c(C(c2c([2H])c([2H])c([2H])c([2H])c2[2H])N2CCN(C)CC2)c([2H])c1[2H]. The average molecular weight is 276 g/mol. The number of rotatable bonds is 3. The molecule has 2 heteroatoms. The molecule has 2 aromatic rings. The summed E-state index contributed by atoms with van der Waals surface area (Å²) in [7, 11) is 1.93. The van der Waals surface area contributed by atoms with Crippen LogP contribution in [0.25, 0.3) is 0 Å². The fourth-order valence-electron chi connectivity index (χ4n) is 2.38. The Bertz CT molecular complexity index is 874. The number of hydrogen-bond donors (Lipinski definition) is 0. The van der Waals surface area contributed by atoms with Gasteiger partial charge in [-0.25, -0.2) is 0 Å². The van der Waals surface area contributed by atoms with Gasteiger partial charge in [0.1, 0.15) is 0 Å². The van der Waals surface area contributed by atoms with E-state index in [1.165, 1.54) is 0 Å². The number of nitrogens with zero attached hydrogens (tertiary/aromatic N) is 2. The Morgan fingerprint density at radius 3 is 1.70 bits per heavy atom. The highest BCUT2D eigenvalue weighted by Gasteiger charge is 2.24. The lowest BCUT2D eigenvalue weighted by Gasteiger charge is -2.38. The molecule has 1 heterocycles. The summed E-state index contributed by atoms with van der Waals surface area (Å²) in [6.07, 6.45) is 0. The molecule has 1 fully saturated rings. The minimum atomic E-state index is -1.07. The van der Waals surface area contributed by atoms with Gasteiger partial charge in [0.15, 0.2) is 0 Å². The van der Waals surface area contributed by atoms with Gasteiger partial charge in [0, 0.05) is 26.2 Å². The summed E-state index contributed by atoms with van der Waals surface area (Å²) in [5.41, 5.74) is -0.159. The second-order valence-corrected chi connectivity index (χ2v) is 4.82. The van der Waals surface area contributed by atoms with Gasteiger partial charge in [-0.3, -0.25) is 4.90 Å². The molecule has 104 valence electrons. The lowest BCUT2D eigenvalue weighted by atomic mass is 9.96. The van der Waals surface area contributed by atoms with Crippen LogP contribution in [0.5, 0.6) is 0 Å². The van der Waals surface area contributed by atoms with Crippen LogP contribution in [0.2, 0.25) is 0 Å². The first-order valence-electron chi connectivity index (χ1n) is 11.5. The Labute approximate surface area is 135 Å². The lowest BCUT2D eigenvalue weighted by molar-refractivity contribution is 0.127. The van der Waals surface area contributed by atoms with Crippen molar-refractivity contribution in [2.24, 2.45) is 0 Å². The summed E-state index contributed by atoms with van der Waals surface area (Å²) >= 11 is 0. The molecule has 0 atom stereocenters. The van der Waals surface area contributed by atoms with Gasteiger partial charge in [-0.05, 0) is 18.2 Å². The monoisotopic (exact) mass is 276 g/mol. The summed E-state index contributed by atoms with van der Waals surface area (Å²) in [5.74, 6) is 0. The van der Waals surface area contributed by atoms with Crippen LogP contribution in [0.1, 0.15) is 30.9 Å². The van der Waals surface area contributed by atoms with E-state index in [1.54, 1.807) is 0 Å². The van der Waals surface area contributed by atoms with Gasteiger partial charge >= 0.3 is 0 Å². The van der Waals surface area contributed by atoms with Crippen molar-refractivity contribution in [3.8, 4) is 0 Å². The average Bonchev–Trinajstić information content (AvgIpc) is 2.73. The molecule has 2 nitrogen and oxygen atoms in total. The molecule has 0 unspecified atom stereocenters. The first-order chi connectivity index (χ1) is 14.0. The van der Waals surface area contributed by atoms with Crippen LogP contribution in [0.15, 0.2) is 60.4 Å². The third kappa shape index (κ3) is 2.92. The van der Waals surface area contributed by atoms with Crippen LogP contribution in [0.3, 0.4) is 0 Å². The Kier molecular flexibility index (Phi) is 1.86. The first kappa shape index (κ1) is 6.00. The van der Waals surface area contributed by atoms with Crippen LogP contribution >= 0.6 is 0 Å². The van der Waals surface area contributed by atoms with Crippen LogP contribution in [-0.2, 0) is 0 Å². The molecule has 0 radical (unpaired) electrons. The van der Waals surface area contributed by atoms with Crippen molar-refractivity contribution in [3.05, 3.63) is 71.6 Å². The minimum absolute atomic E-state index is 0.0796. The fraction of sp³-hybridized carbons (Fsp3) is 0.333. The predicted octanol–water partition coefficient (Wildman–Crippen LogP) is 3.02. The largest absolute Gasteiger partial charge is 0.304 e. The topological polar surface area (TPSA) is 6.48 Å². The van der Waals surface area contributed by atoms with Crippen LogP contribution in [0.4, 0.5) is 0 Å². The summed E-state index contributed by atoms with van der Waals surface area (Å²) in [4.78, 5) is 3.89. The van der Waals surface area contributed by atoms with E-state index < -0.39 is 66.5 Å². The molecule has 1 saturated heterocycles. The van der Waals surface area contributed by atoms with E-state index in [2.05, 4.69) is 4.90 Å². The summed E-state index contributed by atoms with van der Waals surface area (Å²) in [6, 6.07) is -5.94. The predicted molar refractivity (Wildman–Crippen MR) is 83.8 cm³/mol. The minimum Gasteiger partial charge on any atom is -0.304 e. The van der Waals surface area contributed by atoms with Crippen molar-refractivity contribution in [2.45, 2.75) is 6.04 Å². The zero-order chi connectivity index (χ0) is 22.5. The molecule has 0 amide bonds. The maximum Gasteiger partial charge on any atom is 0.0626 e. The van der Waals surface area contributed by atoms with E-state index >= 15 is 0 Å². The molecular formula is C18H22N2. The highest BCUT2D eigenvalue weighted by Crippen LogP contribution is 2.29. The number of piperazine rings is 1. The highest BCUT2D eigenvalue weighted by molar-refractivity contribution is 5.31. The van der Waals surface area contributed by atoms with Crippen molar-refractivity contribution in [3.63, 3.8) is 0 Å². The third-order valence-corrected chi connectivity index (χ3v) is 3.49. The summed E-state index contributed by atoms with van der Waals surface area (Å²) < 4.78 is 81.4. The smallest absolute Gasteiger partial charge is 0.0626 e. The van der Waals surface area contributed by atoms with E-state index in [-0.39, 0.29) is 11.1 Å². The number of hydrogen-bond acceptors (Lipinski definition) is 2. The van der Waals surface area contributed by atoms with Crippen LogP contribution in [0, 0.1) is 0 Å². The van der Waals surface area contributed by atoms with Gasteiger partial charge in [0.2, 0.25) is 0 Å². The Hall–Kier alpha value is -1.64. The number of likely N-dealkylation sites (N-methyl/N-ethyl adjacent to an activating group) is 1. The molecule has 0 aliphatic carbocycles. The van der Waals surface area contributed by atoms with Gasteiger partial charge < -0.3 is 4.90 Å². The van der Waals surface area contributed by atoms with Crippen molar-refractivity contribution in [2.75, 3.05) is 33.2 Å². The standard InChI is InChI=1S/C18H22N2/c1-19-12-14-20(15-13-19)18(16-8-4-2-5-9-16)17-10-6-3-7-11-17/h2-11,18H,12-15H2,1H3/i2D,3D,4D,5D,6D,7D,8D,9D,10D,11D. The van der Waals surface area contributed by atoms with Crippen molar-refractivity contribution in [1.29, 1.82) is 0 Å². The van der Waals surface area contributed by atoms with E-state index in [1.807, 2.05) is 11.9 Å². The van der Waals surface area contributed by atoms with Gasteiger partial charge in [-0.1, -0.05) is 60.4 Å². The van der Waals surface area contributed by atoms with E-state index in [0.29, 0.717) is 26.2 Å². The van der Waals surface area contributed by atoms with E-state index in [9.17, 15) is 0 Å². The molecule has 3 rings (SSSR count). The lowest BCUT2D eigenvalue weighted by Crippen LogP contribution is -2.46. The molecule has 1 aliphatic rings. The summed E-state index contributed by atoms with van der Waals surface area (Å²) in [6.45, 7) is 2.17. The van der Waals surface area contributed by atoms with Gasteiger partial charge in [-0.2, -0.15) is 0 Å². The maximum absolute atomic E-state index is 8.40. The Morgan fingerprint density at radius 2 is 1.25 bits per heavy atom. The zero-order valence-corrected chi connectivity index (χ0v) is 11.3. The maximum atomic E-state index is 8.40. The molecule has 1 aliphatic heterocycles. The molecule has 0 saturated carbocycles. The van der Waals surface area contributed by atoms with Crippen LogP contribution < -0.4 is 0 Å². The Balaban J connectivity index is 2.37. The third-order valence-electron chi connectivity index (χ3n) is 3.49. The second kappa shape index (κ2) is 6.21. The molecule has 0 aromatic heterocycles. The second-order valence-electron chi connectivity index (χ2n) is 4.82. The normalized spacial score (nSPS) is 24.5. The van der Waals surface area contributed by atoms with Crippen LogP contribution in [-0.4, -0.2) is 43.0 Å². The van der Waals surface area contributed by atoms with E-state index in [4.69, 9.17) is 13.7 Å². The molecule has 20 heavy (non-hydrogen) atoms. The van der Waals surface area contributed by atoms with Gasteiger partial charge in [0.05, 0.1) is 19.7 Å². The number of benzene rings is 2. The van der Waals surface area contributed by atoms with Crippen molar-refractivity contribution >= 4 is 0 Å². The van der Waals surface area contributed by atoms with Crippen molar-refractivity contribution in [1.82, 2.24) is 9.80 Å². The highest BCUT2D eigenvalue weighted by atomic mass is 15.3. The van der Waals surface area contributed by atoms with Gasteiger partial charge in [-0.15, -0.1) is 0 Å². The fourth-order valence-corrected chi connectivity index (χ4v) is 2.38.